The van der Waals surface area contributed by atoms with E-state index >= 15 is 0 Å². The number of amides is 2. The molecule has 1 fully saturated rings. The molecule has 2 amide bonds. The molecule has 1 heterocycles. The lowest BCUT2D eigenvalue weighted by Gasteiger charge is -2.17. The van der Waals surface area contributed by atoms with E-state index in [-0.39, 0.29) is 54.8 Å². The van der Waals surface area contributed by atoms with Crippen molar-refractivity contribution < 1.29 is 14.0 Å². The second-order valence-corrected chi connectivity index (χ2v) is 6.90. The highest BCUT2D eigenvalue weighted by atomic mass is 35.5. The van der Waals surface area contributed by atoms with Gasteiger partial charge >= 0.3 is 0 Å². The Labute approximate surface area is 170 Å². The predicted molar refractivity (Wildman–Crippen MR) is 109 cm³/mol. The molecule has 5 nitrogen and oxygen atoms in total. The van der Waals surface area contributed by atoms with E-state index in [1.165, 1.54) is 17.7 Å². The van der Waals surface area contributed by atoms with Crippen molar-refractivity contribution in [2.75, 3.05) is 26.2 Å². The Kier molecular flexibility index (Phi) is 7.96. The summed E-state index contributed by atoms with van der Waals surface area (Å²) in [5.74, 6) is -0.390. The molecular weight excluding hydrogens is 381 g/mol. The number of carbonyl (C=O) groups excluding carboxylic acids is 2. The number of rotatable bonds is 6. The van der Waals surface area contributed by atoms with Gasteiger partial charge in [-0.15, -0.1) is 12.4 Å². The van der Waals surface area contributed by atoms with Crippen molar-refractivity contribution in [3.8, 4) is 0 Å². The minimum absolute atomic E-state index is 0. The van der Waals surface area contributed by atoms with Crippen molar-refractivity contribution in [3.63, 3.8) is 0 Å². The van der Waals surface area contributed by atoms with Gasteiger partial charge in [0.1, 0.15) is 5.82 Å². The average molecular weight is 406 g/mol. The first kappa shape index (κ1) is 21.9. The first-order valence-electron chi connectivity index (χ1n) is 9.10. The van der Waals surface area contributed by atoms with Crippen LogP contribution in [-0.4, -0.2) is 42.9 Å². The van der Waals surface area contributed by atoms with Crippen molar-refractivity contribution in [2.24, 2.45) is 11.7 Å². The molecule has 150 valence electrons. The van der Waals surface area contributed by atoms with Crippen LogP contribution < -0.4 is 11.1 Å². The van der Waals surface area contributed by atoms with E-state index in [9.17, 15) is 14.0 Å². The lowest BCUT2D eigenvalue weighted by molar-refractivity contribution is -0.132. The van der Waals surface area contributed by atoms with E-state index in [2.05, 4.69) is 17.4 Å². The molecule has 7 heteroatoms. The topological polar surface area (TPSA) is 75.4 Å². The van der Waals surface area contributed by atoms with Gasteiger partial charge in [-0.05, 0) is 35.7 Å². The summed E-state index contributed by atoms with van der Waals surface area (Å²) in [4.78, 5) is 26.3. The van der Waals surface area contributed by atoms with E-state index < -0.39 is 0 Å². The van der Waals surface area contributed by atoms with Crippen molar-refractivity contribution >= 4 is 24.2 Å². The molecular formula is C21H25ClFN3O2. The normalized spacial score (nSPS) is 18.4. The fourth-order valence-electron chi connectivity index (χ4n) is 3.57. The number of likely N-dealkylation sites (tertiary alicyclic amines) is 1. The summed E-state index contributed by atoms with van der Waals surface area (Å²) in [6.45, 7) is 1.64. The maximum Gasteiger partial charge on any atom is 0.241 e. The molecule has 0 spiro atoms. The predicted octanol–water partition coefficient (Wildman–Crippen LogP) is 2.11. The summed E-state index contributed by atoms with van der Waals surface area (Å²) in [6.07, 6.45) is 0.0447. The minimum atomic E-state index is -0.381. The highest BCUT2D eigenvalue weighted by Crippen LogP contribution is 2.31. The Hall–Kier alpha value is -2.44. The molecule has 0 saturated carbocycles. The Bertz CT molecular complexity index is 803. The molecule has 3 rings (SSSR count). The summed E-state index contributed by atoms with van der Waals surface area (Å²) in [5, 5.41) is 2.63. The summed E-state index contributed by atoms with van der Waals surface area (Å²) < 4.78 is 13.2. The molecule has 0 radical (unpaired) electrons. The quantitative estimate of drug-likeness (QED) is 0.772. The standard InChI is InChI=1S/C21H24FN3O2.ClH/c22-18-8-4-5-15(9-18)10-20(26)24-12-21(27)25-13-17(11-23)19(14-25)16-6-2-1-3-7-16;/h1-9,17,19H,10-14,23H2,(H,24,26);1H/t17-,19+;/m1./s1. The fraction of sp³-hybridized carbons (Fsp3) is 0.333. The van der Waals surface area contributed by atoms with Crippen molar-refractivity contribution in [1.29, 1.82) is 0 Å². The molecule has 1 aliphatic rings. The third-order valence-corrected chi connectivity index (χ3v) is 5.01. The number of benzene rings is 2. The van der Waals surface area contributed by atoms with Gasteiger partial charge in [0.05, 0.1) is 13.0 Å². The Morgan fingerprint density at radius 3 is 2.54 bits per heavy atom. The molecule has 1 saturated heterocycles. The maximum atomic E-state index is 13.2. The van der Waals surface area contributed by atoms with Crippen molar-refractivity contribution in [1.82, 2.24) is 10.2 Å². The van der Waals surface area contributed by atoms with Gasteiger partial charge in [0.25, 0.3) is 0 Å². The van der Waals surface area contributed by atoms with E-state index in [4.69, 9.17) is 5.73 Å². The molecule has 0 aliphatic carbocycles. The van der Waals surface area contributed by atoms with Crippen LogP contribution in [-0.2, 0) is 16.0 Å². The molecule has 28 heavy (non-hydrogen) atoms. The summed E-state index contributed by atoms with van der Waals surface area (Å²) in [7, 11) is 0. The smallest absolute Gasteiger partial charge is 0.241 e. The van der Waals surface area contributed by atoms with Gasteiger partial charge < -0.3 is 16.0 Å². The molecule has 2 atom stereocenters. The van der Waals surface area contributed by atoms with Crippen LogP contribution in [0, 0.1) is 11.7 Å². The van der Waals surface area contributed by atoms with Crippen LogP contribution in [0.15, 0.2) is 54.6 Å². The number of hydrogen-bond acceptors (Lipinski definition) is 3. The zero-order chi connectivity index (χ0) is 19.2. The van der Waals surface area contributed by atoms with Crippen molar-refractivity contribution in [2.45, 2.75) is 12.3 Å². The number of nitrogens with zero attached hydrogens (tertiary/aromatic N) is 1. The van der Waals surface area contributed by atoms with Gasteiger partial charge in [0.15, 0.2) is 0 Å². The third kappa shape index (κ3) is 5.53. The van der Waals surface area contributed by atoms with Gasteiger partial charge in [-0.2, -0.15) is 0 Å². The lowest BCUT2D eigenvalue weighted by atomic mass is 9.89. The van der Waals surface area contributed by atoms with Gasteiger partial charge in [0, 0.05) is 19.0 Å². The first-order chi connectivity index (χ1) is 13.1. The number of nitrogens with two attached hydrogens (primary N) is 1. The lowest BCUT2D eigenvalue weighted by Crippen LogP contribution is -2.39. The van der Waals surface area contributed by atoms with Crippen LogP contribution in [0.1, 0.15) is 17.0 Å². The second-order valence-electron chi connectivity index (χ2n) is 6.90. The summed E-state index contributed by atoms with van der Waals surface area (Å²) in [6, 6.07) is 15.9. The highest BCUT2D eigenvalue weighted by Gasteiger charge is 2.35. The van der Waals surface area contributed by atoms with Crippen molar-refractivity contribution in [3.05, 3.63) is 71.5 Å². The molecule has 2 aromatic rings. The van der Waals surface area contributed by atoms with Gasteiger partial charge in [-0.1, -0.05) is 42.5 Å². The zero-order valence-electron chi connectivity index (χ0n) is 15.5. The Balaban J connectivity index is 0.00000280. The monoisotopic (exact) mass is 405 g/mol. The molecule has 3 N–H and O–H groups in total. The molecule has 0 aromatic heterocycles. The van der Waals surface area contributed by atoms with Crippen LogP contribution in [0.25, 0.3) is 0 Å². The van der Waals surface area contributed by atoms with E-state index in [0.29, 0.717) is 25.2 Å². The number of nitrogens with one attached hydrogen (secondary N) is 1. The average Bonchev–Trinajstić information content (AvgIpc) is 3.11. The van der Waals surface area contributed by atoms with E-state index in [1.807, 2.05) is 18.2 Å². The number of carbonyl (C=O) groups is 2. The van der Waals surface area contributed by atoms with Crippen LogP contribution in [0.4, 0.5) is 4.39 Å². The second kappa shape index (κ2) is 10.2. The number of hydrogen-bond donors (Lipinski definition) is 2. The molecule has 1 aliphatic heterocycles. The van der Waals surface area contributed by atoms with Gasteiger partial charge in [-0.25, -0.2) is 4.39 Å². The van der Waals surface area contributed by atoms with Gasteiger partial charge in [0.2, 0.25) is 11.8 Å². The molecule has 0 unspecified atom stereocenters. The van der Waals surface area contributed by atoms with Crippen LogP contribution in [0.3, 0.4) is 0 Å². The maximum absolute atomic E-state index is 13.2. The van der Waals surface area contributed by atoms with Crippen LogP contribution in [0.2, 0.25) is 0 Å². The molecule has 0 bridgehead atoms. The number of halogens is 2. The Morgan fingerprint density at radius 2 is 1.86 bits per heavy atom. The molecule has 2 aromatic carbocycles. The fourth-order valence-corrected chi connectivity index (χ4v) is 3.57. The highest BCUT2D eigenvalue weighted by molar-refractivity contribution is 5.86. The van der Waals surface area contributed by atoms with Crippen LogP contribution >= 0.6 is 12.4 Å². The minimum Gasteiger partial charge on any atom is -0.347 e. The first-order valence-corrected chi connectivity index (χ1v) is 9.10. The zero-order valence-corrected chi connectivity index (χ0v) is 16.3. The largest absolute Gasteiger partial charge is 0.347 e. The van der Waals surface area contributed by atoms with E-state index in [1.54, 1.807) is 17.0 Å². The Morgan fingerprint density at radius 1 is 1.11 bits per heavy atom. The van der Waals surface area contributed by atoms with Gasteiger partial charge in [-0.3, -0.25) is 9.59 Å². The third-order valence-electron chi connectivity index (χ3n) is 5.01. The van der Waals surface area contributed by atoms with E-state index in [0.717, 1.165) is 0 Å². The van der Waals surface area contributed by atoms with Crippen LogP contribution in [0.5, 0.6) is 0 Å². The SMILES string of the molecule is Cl.NC[C@@H]1CN(C(=O)CNC(=O)Cc2cccc(F)c2)C[C@H]1c1ccccc1. The summed E-state index contributed by atoms with van der Waals surface area (Å²) in [5.41, 5.74) is 7.66. The summed E-state index contributed by atoms with van der Waals surface area (Å²) >= 11 is 0.